The number of ether oxygens (including phenoxy) is 2. The summed E-state index contributed by atoms with van der Waals surface area (Å²) in [4.78, 5) is 0. The summed E-state index contributed by atoms with van der Waals surface area (Å²) >= 11 is 0. The van der Waals surface area contributed by atoms with Gasteiger partial charge in [0.2, 0.25) is 0 Å². The van der Waals surface area contributed by atoms with Crippen molar-refractivity contribution >= 4 is 17.6 Å². The molecule has 0 aromatic carbocycles. The summed E-state index contributed by atoms with van der Waals surface area (Å²) in [6, 6.07) is 0.578. The van der Waals surface area contributed by atoms with E-state index in [2.05, 4.69) is 0 Å². The lowest BCUT2D eigenvalue weighted by Gasteiger charge is -2.36. The monoisotopic (exact) mass is 398 g/mol. The van der Waals surface area contributed by atoms with Crippen LogP contribution >= 0.6 is 0 Å². The third-order valence-corrected chi connectivity index (χ3v) is 10.0. The minimum Gasteiger partial charge on any atom is -0.377 e. The molecule has 1 heterocycles. The highest BCUT2D eigenvalue weighted by Crippen LogP contribution is 2.27. The SMILES string of the molecule is CCO[Si](OCC)(OCC)C(CC[Si](OC)(OC)OC)OCC1CO1. The lowest BCUT2D eigenvalue weighted by molar-refractivity contribution is -0.0164. The van der Waals surface area contributed by atoms with Crippen LogP contribution in [0.15, 0.2) is 0 Å². The average Bonchev–Trinajstić information content (AvgIpc) is 3.44. The zero-order valence-electron chi connectivity index (χ0n) is 16.4. The summed E-state index contributed by atoms with van der Waals surface area (Å²) < 4.78 is 46.0. The van der Waals surface area contributed by atoms with Crippen LogP contribution < -0.4 is 0 Å². The molecule has 0 amide bonds. The van der Waals surface area contributed by atoms with Gasteiger partial charge < -0.3 is 36.0 Å². The summed E-state index contributed by atoms with van der Waals surface area (Å²) in [7, 11) is -0.941. The molecule has 8 nitrogen and oxygen atoms in total. The zero-order chi connectivity index (χ0) is 18.8. The molecule has 0 N–H and O–H groups in total. The first-order chi connectivity index (χ1) is 12.0. The molecule has 0 aromatic heterocycles. The predicted octanol–water partition coefficient (Wildman–Crippen LogP) is 1.63. The normalized spacial score (nSPS) is 19.2. The topological polar surface area (TPSA) is 77.1 Å². The fraction of sp³-hybridized carbons (Fsp3) is 1.00. The van der Waals surface area contributed by atoms with Gasteiger partial charge in [0.15, 0.2) is 0 Å². The van der Waals surface area contributed by atoms with Crippen LogP contribution in [0.4, 0.5) is 0 Å². The lowest BCUT2D eigenvalue weighted by Crippen LogP contribution is -2.58. The van der Waals surface area contributed by atoms with E-state index >= 15 is 0 Å². The van der Waals surface area contributed by atoms with Gasteiger partial charge >= 0.3 is 17.6 Å². The first-order valence-corrected chi connectivity index (χ1v) is 12.6. The van der Waals surface area contributed by atoms with Crippen molar-refractivity contribution in [1.82, 2.24) is 0 Å². The Morgan fingerprint density at radius 1 is 0.920 bits per heavy atom. The van der Waals surface area contributed by atoms with Crippen LogP contribution in [-0.4, -0.2) is 83.8 Å². The molecule has 0 aromatic rings. The van der Waals surface area contributed by atoms with E-state index in [4.69, 9.17) is 36.0 Å². The molecule has 1 rings (SSSR count). The van der Waals surface area contributed by atoms with Crippen molar-refractivity contribution in [1.29, 1.82) is 0 Å². The first kappa shape index (κ1) is 23.2. The summed E-state index contributed by atoms with van der Waals surface area (Å²) in [6.45, 7) is 8.49. The van der Waals surface area contributed by atoms with Crippen molar-refractivity contribution in [2.75, 3.05) is 54.4 Å². The Balaban J connectivity index is 2.92. The van der Waals surface area contributed by atoms with Crippen LogP contribution in [0, 0.1) is 0 Å². The van der Waals surface area contributed by atoms with Crippen molar-refractivity contribution in [2.45, 2.75) is 45.1 Å². The molecule has 0 bridgehead atoms. The molecule has 1 aliphatic heterocycles. The minimum atomic E-state index is -3.02. The number of hydrogen-bond acceptors (Lipinski definition) is 8. The van der Waals surface area contributed by atoms with E-state index < -0.39 is 17.6 Å². The van der Waals surface area contributed by atoms with Crippen molar-refractivity contribution in [3.63, 3.8) is 0 Å². The molecule has 1 fully saturated rings. The van der Waals surface area contributed by atoms with Crippen LogP contribution in [0.3, 0.4) is 0 Å². The van der Waals surface area contributed by atoms with E-state index in [9.17, 15) is 0 Å². The number of rotatable bonds is 16. The van der Waals surface area contributed by atoms with Crippen molar-refractivity contribution < 1.29 is 36.0 Å². The molecule has 1 aliphatic rings. The third kappa shape index (κ3) is 6.98. The van der Waals surface area contributed by atoms with Crippen LogP contribution in [0.5, 0.6) is 0 Å². The van der Waals surface area contributed by atoms with E-state index in [0.29, 0.717) is 38.9 Å². The van der Waals surface area contributed by atoms with Crippen molar-refractivity contribution in [3.05, 3.63) is 0 Å². The van der Waals surface area contributed by atoms with Crippen molar-refractivity contribution in [3.8, 4) is 0 Å². The highest BCUT2D eigenvalue weighted by Gasteiger charge is 2.52. The Kier molecular flexibility index (Phi) is 10.9. The van der Waals surface area contributed by atoms with Gasteiger partial charge in [0.05, 0.1) is 13.2 Å². The fourth-order valence-electron chi connectivity index (χ4n) is 2.62. The fourth-order valence-corrected chi connectivity index (χ4v) is 7.45. The van der Waals surface area contributed by atoms with E-state index in [1.165, 1.54) is 0 Å². The summed E-state index contributed by atoms with van der Waals surface area (Å²) in [6.07, 6.45) is 0.745. The molecule has 2 atom stereocenters. The molecule has 0 saturated carbocycles. The van der Waals surface area contributed by atoms with E-state index in [1.807, 2.05) is 20.8 Å². The van der Waals surface area contributed by atoms with Gasteiger partial charge in [0.1, 0.15) is 11.8 Å². The lowest BCUT2D eigenvalue weighted by atomic mass is 10.5. The average molecular weight is 399 g/mol. The molecule has 0 spiro atoms. The Labute approximate surface area is 153 Å². The molecular weight excluding hydrogens is 364 g/mol. The Bertz CT molecular complexity index is 327. The van der Waals surface area contributed by atoms with Crippen LogP contribution in [-0.2, 0) is 36.0 Å². The maximum absolute atomic E-state index is 6.14. The molecule has 2 unspecified atom stereocenters. The van der Waals surface area contributed by atoms with Crippen LogP contribution in [0.25, 0.3) is 0 Å². The largest absolute Gasteiger partial charge is 0.531 e. The summed E-state index contributed by atoms with van der Waals surface area (Å²) in [5.74, 6) is 0. The maximum atomic E-state index is 6.14. The molecule has 0 aliphatic carbocycles. The maximum Gasteiger partial charge on any atom is 0.531 e. The molecule has 10 heteroatoms. The Morgan fingerprint density at radius 3 is 1.76 bits per heavy atom. The van der Waals surface area contributed by atoms with Crippen LogP contribution in [0.1, 0.15) is 27.2 Å². The molecule has 1 saturated heterocycles. The minimum absolute atomic E-state index is 0.147. The van der Waals surface area contributed by atoms with Gasteiger partial charge in [0.25, 0.3) is 0 Å². The van der Waals surface area contributed by atoms with Crippen LogP contribution in [0.2, 0.25) is 6.04 Å². The van der Waals surface area contributed by atoms with Gasteiger partial charge in [-0.3, -0.25) is 0 Å². The van der Waals surface area contributed by atoms with E-state index in [-0.39, 0.29) is 11.8 Å². The van der Waals surface area contributed by atoms with E-state index in [1.54, 1.807) is 21.3 Å². The van der Waals surface area contributed by atoms with Gasteiger partial charge in [-0.25, -0.2) is 0 Å². The molecule has 25 heavy (non-hydrogen) atoms. The second-order valence-electron chi connectivity index (χ2n) is 5.51. The smallest absolute Gasteiger partial charge is 0.377 e. The highest BCUT2D eigenvalue weighted by atomic mass is 28.4. The molecular formula is C15H34O8Si2. The molecule has 0 radical (unpaired) electrons. The number of hydrogen-bond donors (Lipinski definition) is 0. The Morgan fingerprint density at radius 2 is 1.40 bits per heavy atom. The summed E-state index contributed by atoms with van der Waals surface area (Å²) in [5, 5.41) is 0. The summed E-state index contributed by atoms with van der Waals surface area (Å²) in [5.41, 5.74) is -0.330. The number of epoxide rings is 1. The zero-order valence-corrected chi connectivity index (χ0v) is 18.4. The second kappa shape index (κ2) is 11.7. The second-order valence-corrected chi connectivity index (χ2v) is 11.3. The van der Waals surface area contributed by atoms with Gasteiger partial charge in [-0.05, 0) is 27.2 Å². The standard InChI is InChI=1S/C15H34O8Si2/c1-7-21-25(22-8-2,23-9-3)15(20-13-14-12-19-14)10-11-24(16-4,17-5)18-6/h14-15H,7-13H2,1-6H3. The van der Waals surface area contributed by atoms with E-state index in [0.717, 1.165) is 6.61 Å². The Hall–Kier alpha value is 0.114. The van der Waals surface area contributed by atoms with Gasteiger partial charge in [-0.15, -0.1) is 0 Å². The quantitative estimate of drug-likeness (QED) is 0.287. The molecule has 150 valence electrons. The predicted molar refractivity (Wildman–Crippen MR) is 96.3 cm³/mol. The first-order valence-electron chi connectivity index (χ1n) is 8.85. The van der Waals surface area contributed by atoms with Crippen molar-refractivity contribution in [2.24, 2.45) is 0 Å². The highest BCUT2D eigenvalue weighted by molar-refractivity contribution is 6.63. The van der Waals surface area contributed by atoms with Gasteiger partial charge in [-0.1, -0.05) is 0 Å². The van der Waals surface area contributed by atoms with Gasteiger partial charge in [0, 0.05) is 47.2 Å². The van der Waals surface area contributed by atoms with Gasteiger partial charge in [-0.2, -0.15) is 0 Å². The third-order valence-electron chi connectivity index (χ3n) is 3.96.